The summed E-state index contributed by atoms with van der Waals surface area (Å²) in [5.74, 6) is -1.04. The third-order valence-electron chi connectivity index (χ3n) is 1.31. The first-order chi connectivity index (χ1) is 6.27. The third-order valence-corrected chi connectivity index (χ3v) is 2.29. The molecule has 67 valence electrons. The molecular formula is C6H4N2O4P. The third kappa shape index (κ3) is 1.48. The maximum Gasteiger partial charge on any atom is 0.423 e. The van der Waals surface area contributed by atoms with Gasteiger partial charge in [-0.3, -0.25) is 0 Å². The molecule has 6 nitrogen and oxygen atoms in total. The number of hydrogen-bond donors (Lipinski definition) is 0. The van der Waals surface area contributed by atoms with Crippen molar-refractivity contribution >= 4 is 8.88 Å². The van der Waals surface area contributed by atoms with E-state index < -0.39 is 11.5 Å². The molecule has 0 unspecified atom stereocenters. The molecule has 0 fully saturated rings. The van der Waals surface area contributed by atoms with E-state index in [-0.39, 0.29) is 0 Å². The highest BCUT2D eigenvalue weighted by Crippen LogP contribution is 2.11. The molecule has 0 aromatic carbocycles. The highest BCUT2D eigenvalue weighted by molar-refractivity contribution is 7.34. The zero-order valence-electron chi connectivity index (χ0n) is 6.28. The number of nitrogens with zero attached hydrogens (tertiary/aromatic N) is 2. The van der Waals surface area contributed by atoms with Gasteiger partial charge >= 0.3 is 11.5 Å². The standard InChI is InChI=1S/C6H4N2O4P/c9-5-7(1-3-11-5)13-8-2-4-12-6(8)10/h1-4H. The summed E-state index contributed by atoms with van der Waals surface area (Å²) in [4.78, 5) is 21.8. The molecule has 0 aliphatic rings. The lowest BCUT2D eigenvalue weighted by Gasteiger charge is -1.93. The monoisotopic (exact) mass is 199 g/mol. The van der Waals surface area contributed by atoms with E-state index in [0.717, 1.165) is 0 Å². The van der Waals surface area contributed by atoms with Crippen LogP contribution in [-0.4, -0.2) is 8.68 Å². The van der Waals surface area contributed by atoms with Crippen molar-refractivity contribution in [1.82, 2.24) is 8.68 Å². The fourth-order valence-electron chi connectivity index (χ4n) is 0.759. The fraction of sp³-hybridized carbons (Fsp3) is 0. The lowest BCUT2D eigenvalue weighted by atomic mass is 11.0. The Labute approximate surface area is 73.3 Å². The Bertz CT molecular complexity index is 458. The summed E-state index contributed by atoms with van der Waals surface area (Å²) in [5.41, 5.74) is 0. The summed E-state index contributed by atoms with van der Waals surface area (Å²) >= 11 is 0. The van der Waals surface area contributed by atoms with Crippen LogP contribution in [0.5, 0.6) is 0 Å². The van der Waals surface area contributed by atoms with Crippen molar-refractivity contribution in [1.29, 1.82) is 0 Å². The molecule has 0 atom stereocenters. The van der Waals surface area contributed by atoms with Crippen LogP contribution in [0, 0.1) is 0 Å². The van der Waals surface area contributed by atoms with E-state index in [9.17, 15) is 9.59 Å². The maximum atomic E-state index is 10.9. The Kier molecular flexibility index (Phi) is 1.90. The first-order valence-electron chi connectivity index (χ1n) is 3.32. The minimum Gasteiger partial charge on any atom is -0.416 e. The average molecular weight is 199 g/mol. The highest BCUT2D eigenvalue weighted by Gasteiger charge is 2.03. The van der Waals surface area contributed by atoms with Crippen molar-refractivity contribution < 1.29 is 8.83 Å². The molecule has 13 heavy (non-hydrogen) atoms. The number of aromatic nitrogens is 2. The van der Waals surface area contributed by atoms with E-state index >= 15 is 0 Å². The predicted octanol–water partition coefficient (Wildman–Crippen LogP) is 0.369. The van der Waals surface area contributed by atoms with Gasteiger partial charge in [0.2, 0.25) is 0 Å². The molecule has 0 aliphatic heterocycles. The number of rotatable bonds is 2. The SMILES string of the molecule is O=c1occn1[P]n1ccoc1=O. The van der Waals surface area contributed by atoms with Crippen LogP contribution in [-0.2, 0) is 0 Å². The van der Waals surface area contributed by atoms with E-state index in [1.165, 1.54) is 33.6 Å². The van der Waals surface area contributed by atoms with Crippen molar-refractivity contribution in [2.24, 2.45) is 0 Å². The molecule has 0 aliphatic carbocycles. The van der Waals surface area contributed by atoms with Crippen LogP contribution >= 0.6 is 8.88 Å². The Hall–Kier alpha value is -1.55. The van der Waals surface area contributed by atoms with Gasteiger partial charge in [0.25, 0.3) is 0 Å². The van der Waals surface area contributed by atoms with Gasteiger partial charge in [-0.25, -0.2) is 18.3 Å². The van der Waals surface area contributed by atoms with E-state index in [4.69, 9.17) is 0 Å². The Morgan fingerprint density at radius 3 is 1.77 bits per heavy atom. The lowest BCUT2D eigenvalue weighted by molar-refractivity contribution is 0.506. The molecule has 1 radical (unpaired) electrons. The van der Waals surface area contributed by atoms with Gasteiger partial charge in [-0.2, -0.15) is 0 Å². The average Bonchev–Trinajstić information content (AvgIpc) is 2.65. The van der Waals surface area contributed by atoms with E-state index in [1.54, 1.807) is 0 Å². The van der Waals surface area contributed by atoms with Gasteiger partial charge in [-0.15, -0.1) is 0 Å². The molecular weight excluding hydrogens is 195 g/mol. The quantitative estimate of drug-likeness (QED) is 0.655. The zero-order valence-corrected chi connectivity index (χ0v) is 7.18. The molecule has 0 N–H and O–H groups in total. The van der Waals surface area contributed by atoms with Gasteiger partial charge in [0.05, 0.1) is 12.4 Å². The summed E-state index contributed by atoms with van der Waals surface area (Å²) in [7, 11) is 0.360. The summed E-state index contributed by atoms with van der Waals surface area (Å²) in [6, 6.07) is 0. The Morgan fingerprint density at radius 2 is 1.46 bits per heavy atom. The summed E-state index contributed by atoms with van der Waals surface area (Å²) < 4.78 is 11.5. The molecule has 7 heteroatoms. The molecule has 2 rings (SSSR count). The van der Waals surface area contributed by atoms with E-state index in [1.807, 2.05) is 0 Å². The van der Waals surface area contributed by atoms with E-state index in [2.05, 4.69) is 8.83 Å². The van der Waals surface area contributed by atoms with Crippen LogP contribution < -0.4 is 11.5 Å². The maximum absolute atomic E-state index is 10.9. The van der Waals surface area contributed by atoms with E-state index in [0.29, 0.717) is 8.88 Å². The zero-order chi connectivity index (χ0) is 9.26. The second kappa shape index (κ2) is 3.06. The smallest absolute Gasteiger partial charge is 0.416 e. The lowest BCUT2D eigenvalue weighted by Crippen LogP contribution is -2.12. The molecule has 2 aromatic heterocycles. The summed E-state index contributed by atoms with van der Waals surface area (Å²) in [6.45, 7) is 0. The van der Waals surface area contributed by atoms with Gasteiger partial charge in [0.15, 0.2) is 8.88 Å². The van der Waals surface area contributed by atoms with Crippen molar-refractivity contribution in [3.63, 3.8) is 0 Å². The number of oxazole rings is 2. The van der Waals surface area contributed by atoms with Crippen LogP contribution in [0.3, 0.4) is 0 Å². The van der Waals surface area contributed by atoms with Gasteiger partial charge in [-0.1, -0.05) is 0 Å². The highest BCUT2D eigenvalue weighted by atomic mass is 31.1. The van der Waals surface area contributed by atoms with Crippen LogP contribution in [0.4, 0.5) is 0 Å². The van der Waals surface area contributed by atoms with Gasteiger partial charge in [0.1, 0.15) is 12.5 Å². The molecule has 0 spiro atoms. The normalized spacial score (nSPS) is 10.5. The van der Waals surface area contributed by atoms with Crippen molar-refractivity contribution in [2.75, 3.05) is 0 Å². The molecule has 0 saturated heterocycles. The summed E-state index contributed by atoms with van der Waals surface area (Å²) in [5, 5.41) is 0. The molecule has 0 saturated carbocycles. The molecule has 0 bridgehead atoms. The molecule has 2 aromatic rings. The molecule has 0 amide bonds. The fourth-order valence-corrected chi connectivity index (χ4v) is 1.43. The Balaban J connectivity index is 2.35. The van der Waals surface area contributed by atoms with Crippen molar-refractivity contribution in [3.8, 4) is 0 Å². The second-order valence-electron chi connectivity index (χ2n) is 2.12. The first kappa shape index (κ1) is 8.07. The van der Waals surface area contributed by atoms with Crippen LogP contribution in [0.15, 0.2) is 43.3 Å². The topological polar surface area (TPSA) is 70.3 Å². The second-order valence-corrected chi connectivity index (χ2v) is 3.16. The Morgan fingerprint density at radius 1 is 1.00 bits per heavy atom. The minimum absolute atomic E-state index is 0.360. The number of hydrogen-bond acceptors (Lipinski definition) is 4. The van der Waals surface area contributed by atoms with Crippen LogP contribution in [0.1, 0.15) is 0 Å². The largest absolute Gasteiger partial charge is 0.423 e. The predicted molar refractivity (Wildman–Crippen MR) is 43.7 cm³/mol. The van der Waals surface area contributed by atoms with Gasteiger partial charge in [-0.05, 0) is 0 Å². The molecule has 2 heterocycles. The van der Waals surface area contributed by atoms with Crippen molar-refractivity contribution in [2.45, 2.75) is 0 Å². The minimum atomic E-state index is -0.519. The van der Waals surface area contributed by atoms with Gasteiger partial charge < -0.3 is 8.83 Å². The van der Waals surface area contributed by atoms with Crippen LogP contribution in [0.2, 0.25) is 0 Å². The van der Waals surface area contributed by atoms with Crippen LogP contribution in [0.25, 0.3) is 0 Å². The van der Waals surface area contributed by atoms with Gasteiger partial charge in [0, 0.05) is 0 Å². The van der Waals surface area contributed by atoms with Crippen molar-refractivity contribution in [3.05, 3.63) is 46.0 Å². The first-order valence-corrected chi connectivity index (χ1v) is 4.12. The summed E-state index contributed by atoms with van der Waals surface area (Å²) in [6.07, 6.45) is 5.37.